The van der Waals surface area contributed by atoms with E-state index >= 15 is 0 Å². The average molecular weight is 382 g/mol. The Kier molecular flexibility index (Phi) is 21.7. The van der Waals surface area contributed by atoms with E-state index in [4.69, 9.17) is 24.1 Å². The van der Waals surface area contributed by atoms with Crippen molar-refractivity contribution in [3.63, 3.8) is 0 Å². The van der Waals surface area contributed by atoms with Gasteiger partial charge in [-0.3, -0.25) is 14.4 Å². The number of esters is 3. The predicted molar refractivity (Wildman–Crippen MR) is 89.4 cm³/mol. The van der Waals surface area contributed by atoms with Crippen molar-refractivity contribution in [2.45, 2.75) is 19.3 Å². The highest BCUT2D eigenvalue weighted by Crippen LogP contribution is 1.90. The van der Waals surface area contributed by atoms with Gasteiger partial charge in [0, 0.05) is 21.3 Å². The lowest BCUT2D eigenvalue weighted by Gasteiger charge is -2.05. The van der Waals surface area contributed by atoms with Crippen LogP contribution in [0.15, 0.2) is 0 Å². The molecule has 0 radical (unpaired) electrons. The summed E-state index contributed by atoms with van der Waals surface area (Å²) in [5, 5.41) is 8.23. The van der Waals surface area contributed by atoms with Gasteiger partial charge < -0.3 is 33.5 Å². The van der Waals surface area contributed by atoms with Crippen LogP contribution in [0.5, 0.6) is 0 Å². The molecule has 0 spiro atoms. The minimum atomic E-state index is -0.366. The van der Waals surface area contributed by atoms with Gasteiger partial charge in [-0.2, -0.15) is 0 Å². The van der Waals surface area contributed by atoms with E-state index in [1.807, 2.05) is 0 Å². The van der Waals surface area contributed by atoms with Crippen molar-refractivity contribution in [3.05, 3.63) is 0 Å². The summed E-state index contributed by atoms with van der Waals surface area (Å²) in [6.07, 6.45) is 0.652. The molecule has 0 fully saturated rings. The van der Waals surface area contributed by atoms with Crippen molar-refractivity contribution >= 4 is 17.9 Å². The van der Waals surface area contributed by atoms with Gasteiger partial charge in [0.1, 0.15) is 19.8 Å². The Bertz CT molecular complexity index is 327. The summed E-state index contributed by atoms with van der Waals surface area (Å²) in [6, 6.07) is 0. The number of hydrogen-bond acceptors (Lipinski definition) is 10. The molecule has 26 heavy (non-hydrogen) atoms. The Morgan fingerprint density at radius 2 is 0.885 bits per heavy atom. The summed E-state index contributed by atoms with van der Waals surface area (Å²) in [7, 11) is 4.52. The largest absolute Gasteiger partial charge is 0.463 e. The summed E-state index contributed by atoms with van der Waals surface area (Å²) in [5.74, 6) is -1.07. The van der Waals surface area contributed by atoms with Gasteiger partial charge in [0.2, 0.25) is 0 Å². The molecule has 0 saturated carbocycles. The molecule has 10 nitrogen and oxygen atoms in total. The maximum Gasteiger partial charge on any atom is 0.308 e. The van der Waals surface area contributed by atoms with Gasteiger partial charge in [-0.05, 0) is 0 Å². The first kappa shape index (κ1) is 26.5. The first-order valence-corrected chi connectivity index (χ1v) is 8.06. The van der Waals surface area contributed by atoms with Crippen LogP contribution in [0.3, 0.4) is 0 Å². The summed E-state index contributed by atoms with van der Waals surface area (Å²) < 4.78 is 28.1. The van der Waals surface area contributed by atoms with E-state index in [0.717, 1.165) is 0 Å². The van der Waals surface area contributed by atoms with Gasteiger partial charge >= 0.3 is 17.9 Å². The topological polar surface area (TPSA) is 127 Å². The SMILES string of the molecule is COCCC(=O)OCCO.COCCC(=O)OCCOC(=O)CCOC. The van der Waals surface area contributed by atoms with Gasteiger partial charge in [-0.25, -0.2) is 0 Å². The monoisotopic (exact) mass is 382 g/mol. The number of carbonyl (C=O) groups excluding carboxylic acids is 3. The molecule has 0 aromatic carbocycles. The normalized spacial score (nSPS) is 9.69. The van der Waals surface area contributed by atoms with Gasteiger partial charge in [-0.15, -0.1) is 0 Å². The van der Waals surface area contributed by atoms with Crippen LogP contribution in [0.2, 0.25) is 0 Å². The molecular weight excluding hydrogens is 352 g/mol. The van der Waals surface area contributed by atoms with E-state index in [0.29, 0.717) is 19.8 Å². The summed E-state index contributed by atoms with van der Waals surface area (Å²) in [4.78, 5) is 32.5. The number of aliphatic hydroxyl groups excluding tert-OH is 1. The highest BCUT2D eigenvalue weighted by molar-refractivity contribution is 5.70. The van der Waals surface area contributed by atoms with Gasteiger partial charge in [0.25, 0.3) is 0 Å². The van der Waals surface area contributed by atoms with Crippen LogP contribution >= 0.6 is 0 Å². The first-order chi connectivity index (χ1) is 12.5. The Morgan fingerprint density at radius 3 is 1.15 bits per heavy atom. The molecule has 0 aliphatic rings. The fourth-order valence-electron chi connectivity index (χ4n) is 1.24. The Hall–Kier alpha value is -1.75. The van der Waals surface area contributed by atoms with E-state index in [-0.39, 0.29) is 63.6 Å². The number of carbonyl (C=O) groups is 3. The van der Waals surface area contributed by atoms with E-state index in [2.05, 4.69) is 9.47 Å². The quantitative estimate of drug-likeness (QED) is 0.243. The molecule has 0 rings (SSSR count). The van der Waals surface area contributed by atoms with Crippen LogP contribution in [0, 0.1) is 0 Å². The molecule has 0 saturated heterocycles. The molecule has 0 bridgehead atoms. The highest BCUT2D eigenvalue weighted by atomic mass is 16.6. The fraction of sp³-hybridized carbons (Fsp3) is 0.812. The molecule has 0 aromatic rings. The summed E-state index contributed by atoms with van der Waals surface area (Å²) in [5.41, 5.74) is 0. The zero-order valence-corrected chi connectivity index (χ0v) is 15.7. The lowest BCUT2D eigenvalue weighted by Crippen LogP contribution is -2.15. The molecule has 0 heterocycles. The number of rotatable bonds is 14. The fourth-order valence-corrected chi connectivity index (χ4v) is 1.24. The van der Waals surface area contributed by atoms with Gasteiger partial charge in [0.05, 0.1) is 45.7 Å². The second kappa shape index (κ2) is 21.3. The van der Waals surface area contributed by atoms with Crippen molar-refractivity contribution in [3.8, 4) is 0 Å². The average Bonchev–Trinajstić information content (AvgIpc) is 2.65. The lowest BCUT2D eigenvalue weighted by molar-refractivity contribution is -0.153. The predicted octanol–water partition coefficient (Wildman–Crippen LogP) is -0.296. The molecule has 0 aliphatic heterocycles. The van der Waals surface area contributed by atoms with E-state index < -0.39 is 0 Å². The number of hydrogen-bond donors (Lipinski definition) is 1. The summed E-state index contributed by atoms with van der Waals surface area (Å²) in [6.45, 7) is 1.10. The molecule has 0 aliphatic carbocycles. The lowest BCUT2D eigenvalue weighted by atomic mass is 10.4. The van der Waals surface area contributed by atoms with E-state index in [1.165, 1.54) is 21.3 Å². The number of methoxy groups -OCH3 is 3. The molecule has 1 N–H and O–H groups in total. The van der Waals surface area contributed by atoms with Crippen LogP contribution in [0.4, 0.5) is 0 Å². The minimum Gasteiger partial charge on any atom is -0.463 e. The van der Waals surface area contributed by atoms with Gasteiger partial charge in [-0.1, -0.05) is 0 Å². The van der Waals surface area contributed by atoms with Crippen molar-refractivity contribution in [2.24, 2.45) is 0 Å². The molecule has 10 heteroatoms. The second-order valence-corrected chi connectivity index (χ2v) is 4.61. The second-order valence-electron chi connectivity index (χ2n) is 4.61. The standard InChI is InChI=1S/C10H18O6.C6H12O4/c1-13-5-3-9(11)15-7-8-16-10(12)4-6-14-2;1-9-4-2-6(8)10-5-3-7/h3-8H2,1-2H3;7H,2-5H2,1H3. The number of aliphatic hydroxyl groups is 1. The van der Waals surface area contributed by atoms with Gasteiger partial charge in [0.15, 0.2) is 0 Å². The van der Waals surface area contributed by atoms with Crippen LogP contribution < -0.4 is 0 Å². The first-order valence-electron chi connectivity index (χ1n) is 8.06. The minimum absolute atomic E-state index is 0.0707. The maximum atomic E-state index is 11.0. The van der Waals surface area contributed by atoms with Crippen molar-refractivity contribution < 1.29 is 47.9 Å². The third-order valence-corrected chi connectivity index (χ3v) is 2.49. The number of ether oxygens (including phenoxy) is 6. The third-order valence-electron chi connectivity index (χ3n) is 2.49. The van der Waals surface area contributed by atoms with E-state index in [1.54, 1.807) is 0 Å². The summed E-state index contributed by atoms with van der Waals surface area (Å²) >= 11 is 0. The van der Waals surface area contributed by atoms with Crippen LogP contribution in [0.25, 0.3) is 0 Å². The zero-order chi connectivity index (χ0) is 20.0. The van der Waals surface area contributed by atoms with Crippen molar-refractivity contribution in [1.82, 2.24) is 0 Å². The molecule has 154 valence electrons. The van der Waals surface area contributed by atoms with Crippen molar-refractivity contribution in [2.75, 3.05) is 67.6 Å². The molecule has 0 amide bonds. The van der Waals surface area contributed by atoms with Crippen molar-refractivity contribution in [1.29, 1.82) is 0 Å². The molecular formula is C16H30O10. The molecule has 0 aromatic heterocycles. The van der Waals surface area contributed by atoms with Crippen LogP contribution in [0.1, 0.15) is 19.3 Å². The highest BCUT2D eigenvalue weighted by Gasteiger charge is 2.04. The Labute approximate surface area is 153 Å². The maximum absolute atomic E-state index is 11.0. The molecule has 0 atom stereocenters. The smallest absolute Gasteiger partial charge is 0.308 e. The van der Waals surface area contributed by atoms with Crippen LogP contribution in [-0.2, 0) is 42.8 Å². The van der Waals surface area contributed by atoms with E-state index in [9.17, 15) is 14.4 Å². The van der Waals surface area contributed by atoms with Crippen LogP contribution in [-0.4, -0.2) is 90.6 Å². The Balaban J connectivity index is 0. The third kappa shape index (κ3) is 22.2. The Morgan fingerprint density at radius 1 is 0.577 bits per heavy atom. The zero-order valence-electron chi connectivity index (χ0n) is 15.7. The molecule has 0 unspecified atom stereocenters.